The van der Waals surface area contributed by atoms with E-state index in [1.165, 1.54) is 6.20 Å². The minimum atomic E-state index is -1.43. The number of aromatic nitrogens is 1. The molecule has 0 bridgehead atoms. The summed E-state index contributed by atoms with van der Waals surface area (Å²) >= 11 is 17.2. The van der Waals surface area contributed by atoms with Crippen LogP contribution in [0.25, 0.3) is 0 Å². The molecule has 0 saturated carbocycles. The van der Waals surface area contributed by atoms with Gasteiger partial charge in [0.25, 0.3) is 0 Å². The molecule has 1 N–H and O–H groups in total. The molecule has 2 rings (SSSR count). The Kier molecular flexibility index (Phi) is 3.77. The normalized spacial score (nSPS) is 11.2. The lowest BCUT2D eigenvalue weighted by atomic mass is 10.3. The van der Waals surface area contributed by atoms with E-state index < -0.39 is 3.79 Å². The monoisotopic (exact) mass is 286 g/mol. The maximum absolute atomic E-state index is 5.74. The summed E-state index contributed by atoms with van der Waals surface area (Å²) < 4.78 is -1.43. The zero-order valence-corrected chi connectivity index (χ0v) is 11.0. The molecule has 0 atom stereocenters. The van der Waals surface area contributed by atoms with Crippen molar-refractivity contribution in [1.82, 2.24) is 4.98 Å². The summed E-state index contributed by atoms with van der Waals surface area (Å²) in [5, 5.41) is 3.14. The Hall–Kier alpha value is -0.960. The SMILES string of the molecule is ClC(Cl)(Cl)c1ccc(Nc2ccccc2)nc1. The van der Waals surface area contributed by atoms with Crippen molar-refractivity contribution in [3.63, 3.8) is 0 Å². The maximum atomic E-state index is 5.74. The van der Waals surface area contributed by atoms with Gasteiger partial charge in [-0.3, -0.25) is 0 Å². The first-order chi connectivity index (χ1) is 8.05. The fourth-order valence-electron chi connectivity index (χ4n) is 1.30. The molecule has 0 saturated heterocycles. The van der Waals surface area contributed by atoms with Gasteiger partial charge < -0.3 is 5.32 Å². The van der Waals surface area contributed by atoms with Crippen molar-refractivity contribution >= 4 is 46.3 Å². The van der Waals surface area contributed by atoms with Crippen LogP contribution in [0.2, 0.25) is 0 Å². The second-order valence-electron chi connectivity index (χ2n) is 3.42. The summed E-state index contributed by atoms with van der Waals surface area (Å²) in [4.78, 5) is 4.18. The lowest BCUT2D eigenvalue weighted by molar-refractivity contribution is 1.17. The number of para-hydroxylation sites is 1. The Morgan fingerprint density at radius 2 is 1.65 bits per heavy atom. The van der Waals surface area contributed by atoms with Crippen molar-refractivity contribution in [3.05, 3.63) is 54.2 Å². The molecule has 2 aromatic rings. The van der Waals surface area contributed by atoms with E-state index in [4.69, 9.17) is 34.8 Å². The largest absolute Gasteiger partial charge is 0.340 e. The van der Waals surface area contributed by atoms with Gasteiger partial charge in [-0.25, -0.2) is 4.98 Å². The molecule has 0 amide bonds. The summed E-state index contributed by atoms with van der Waals surface area (Å²) in [6.07, 6.45) is 1.54. The second-order valence-corrected chi connectivity index (χ2v) is 5.70. The summed E-state index contributed by atoms with van der Waals surface area (Å²) in [5.74, 6) is 0.703. The number of anilines is 2. The molecule has 1 aromatic carbocycles. The van der Waals surface area contributed by atoms with E-state index in [-0.39, 0.29) is 0 Å². The number of rotatable bonds is 2. The number of nitrogens with zero attached hydrogens (tertiary/aromatic N) is 1. The van der Waals surface area contributed by atoms with Crippen LogP contribution < -0.4 is 5.32 Å². The van der Waals surface area contributed by atoms with Gasteiger partial charge in [-0.15, -0.1) is 0 Å². The number of alkyl halides is 3. The van der Waals surface area contributed by atoms with Gasteiger partial charge in [0.05, 0.1) is 0 Å². The van der Waals surface area contributed by atoms with E-state index >= 15 is 0 Å². The molecule has 0 spiro atoms. The first kappa shape index (κ1) is 12.5. The highest BCUT2D eigenvalue weighted by atomic mass is 35.6. The van der Waals surface area contributed by atoms with Crippen molar-refractivity contribution in [2.24, 2.45) is 0 Å². The molecule has 88 valence electrons. The molecule has 0 unspecified atom stereocenters. The van der Waals surface area contributed by atoms with Crippen LogP contribution in [-0.4, -0.2) is 4.98 Å². The van der Waals surface area contributed by atoms with Crippen LogP contribution in [0.5, 0.6) is 0 Å². The lowest BCUT2D eigenvalue weighted by Crippen LogP contribution is -2.01. The van der Waals surface area contributed by atoms with Gasteiger partial charge in [-0.05, 0) is 24.3 Å². The number of pyridine rings is 1. The third kappa shape index (κ3) is 3.50. The van der Waals surface area contributed by atoms with Crippen molar-refractivity contribution in [2.75, 3.05) is 5.32 Å². The second kappa shape index (κ2) is 5.13. The standard InChI is InChI=1S/C12H9Cl3N2/c13-12(14,15)9-6-7-11(16-8-9)17-10-4-2-1-3-5-10/h1-8H,(H,16,17). The smallest absolute Gasteiger partial charge is 0.217 e. The third-order valence-corrected chi connectivity index (χ3v) is 2.79. The Morgan fingerprint density at radius 1 is 0.941 bits per heavy atom. The van der Waals surface area contributed by atoms with Crippen molar-refractivity contribution < 1.29 is 0 Å². The van der Waals surface area contributed by atoms with Crippen LogP contribution in [0.4, 0.5) is 11.5 Å². The maximum Gasteiger partial charge on any atom is 0.217 e. The molecule has 0 aliphatic carbocycles. The lowest BCUT2D eigenvalue weighted by Gasteiger charge is -2.11. The van der Waals surface area contributed by atoms with Crippen LogP contribution in [0.3, 0.4) is 0 Å². The minimum absolute atomic E-state index is 0.543. The van der Waals surface area contributed by atoms with E-state index in [1.807, 2.05) is 30.3 Å². The predicted molar refractivity (Wildman–Crippen MR) is 73.2 cm³/mol. The molecule has 0 aliphatic heterocycles. The zero-order valence-electron chi connectivity index (χ0n) is 8.70. The zero-order chi connectivity index (χ0) is 12.3. The molecular weight excluding hydrogens is 279 g/mol. The first-order valence-corrected chi connectivity index (χ1v) is 6.04. The van der Waals surface area contributed by atoms with Crippen LogP contribution in [0.15, 0.2) is 48.7 Å². The van der Waals surface area contributed by atoms with Crippen molar-refractivity contribution in [1.29, 1.82) is 0 Å². The summed E-state index contributed by atoms with van der Waals surface area (Å²) in [6.45, 7) is 0. The van der Waals surface area contributed by atoms with Crippen molar-refractivity contribution in [2.45, 2.75) is 3.79 Å². The highest BCUT2D eigenvalue weighted by Crippen LogP contribution is 2.37. The summed E-state index contributed by atoms with van der Waals surface area (Å²) in [7, 11) is 0. The molecular formula is C12H9Cl3N2. The van der Waals surface area contributed by atoms with Crippen LogP contribution in [0, 0.1) is 0 Å². The Labute approximate surface area is 115 Å². The molecule has 1 aromatic heterocycles. The molecule has 0 fully saturated rings. The average Bonchev–Trinajstić information content (AvgIpc) is 2.30. The first-order valence-electron chi connectivity index (χ1n) is 4.91. The molecule has 0 radical (unpaired) electrons. The van der Waals surface area contributed by atoms with Gasteiger partial charge in [-0.1, -0.05) is 53.0 Å². The predicted octanol–water partition coefficient (Wildman–Crippen LogP) is 4.65. The van der Waals surface area contributed by atoms with Crippen LogP contribution in [-0.2, 0) is 3.79 Å². The minimum Gasteiger partial charge on any atom is -0.340 e. The average molecular weight is 288 g/mol. The van der Waals surface area contributed by atoms with Crippen LogP contribution >= 0.6 is 34.8 Å². The topological polar surface area (TPSA) is 24.9 Å². The number of hydrogen-bond donors (Lipinski definition) is 1. The Bertz CT molecular complexity index is 477. The van der Waals surface area contributed by atoms with Gasteiger partial charge in [0.1, 0.15) is 5.82 Å². The fourth-order valence-corrected chi connectivity index (χ4v) is 1.64. The summed E-state index contributed by atoms with van der Waals surface area (Å²) in [6, 6.07) is 13.2. The van der Waals surface area contributed by atoms with Crippen molar-refractivity contribution in [3.8, 4) is 0 Å². The van der Waals surface area contributed by atoms with Gasteiger partial charge in [0.15, 0.2) is 0 Å². The Balaban J connectivity index is 2.14. The highest BCUT2D eigenvalue weighted by molar-refractivity contribution is 6.66. The third-order valence-electron chi connectivity index (χ3n) is 2.14. The number of hydrogen-bond acceptors (Lipinski definition) is 2. The Morgan fingerprint density at radius 3 is 2.18 bits per heavy atom. The molecule has 5 heteroatoms. The van der Waals surface area contributed by atoms with E-state index in [9.17, 15) is 0 Å². The summed E-state index contributed by atoms with van der Waals surface area (Å²) in [5.41, 5.74) is 1.50. The number of benzene rings is 1. The number of halogens is 3. The van der Waals surface area contributed by atoms with Gasteiger partial charge in [0.2, 0.25) is 3.79 Å². The van der Waals surface area contributed by atoms with E-state index in [0.29, 0.717) is 11.4 Å². The molecule has 17 heavy (non-hydrogen) atoms. The quantitative estimate of drug-likeness (QED) is 0.813. The van der Waals surface area contributed by atoms with Crippen LogP contribution in [0.1, 0.15) is 5.56 Å². The van der Waals surface area contributed by atoms with Gasteiger partial charge in [-0.2, -0.15) is 0 Å². The van der Waals surface area contributed by atoms with E-state index in [2.05, 4.69) is 10.3 Å². The van der Waals surface area contributed by atoms with Gasteiger partial charge >= 0.3 is 0 Å². The molecule has 1 heterocycles. The molecule has 2 nitrogen and oxygen atoms in total. The van der Waals surface area contributed by atoms with E-state index in [1.54, 1.807) is 12.1 Å². The van der Waals surface area contributed by atoms with E-state index in [0.717, 1.165) is 5.69 Å². The fraction of sp³-hybridized carbons (Fsp3) is 0.0833. The molecule has 0 aliphatic rings. The highest BCUT2D eigenvalue weighted by Gasteiger charge is 2.22. The number of nitrogens with one attached hydrogen (secondary N) is 1. The van der Waals surface area contributed by atoms with Gasteiger partial charge in [0, 0.05) is 17.4 Å².